The largest absolute Gasteiger partial charge is 0.256 e. The minimum absolute atomic E-state index is 0.679. The summed E-state index contributed by atoms with van der Waals surface area (Å²) in [7, 11) is 0. The Bertz CT molecular complexity index is 2810. The molecule has 2 heterocycles. The van der Waals surface area contributed by atoms with Crippen molar-refractivity contribution >= 4 is 32.4 Å². The SMILES string of the molecule is c1cc(-c2ccc(-c3cc(-c4ccc(-c5cnc6ccccc6c5)cc4)nc(-c4ccc(-c5cccc6ccccc56)cc4)n3)cc2)c2ccccc2c#1. The minimum Gasteiger partial charge on any atom is -0.256 e. The van der Waals surface area contributed by atoms with Gasteiger partial charge in [0.1, 0.15) is 0 Å². The molecule has 0 spiro atoms. The van der Waals surface area contributed by atoms with E-state index in [-0.39, 0.29) is 0 Å². The van der Waals surface area contributed by atoms with E-state index in [4.69, 9.17) is 9.97 Å². The van der Waals surface area contributed by atoms with Crippen LogP contribution in [0.1, 0.15) is 0 Å². The maximum atomic E-state index is 5.17. The third kappa shape index (κ3) is 5.83. The van der Waals surface area contributed by atoms with Crippen molar-refractivity contribution in [2.75, 3.05) is 0 Å². The molecule has 0 saturated heterocycles. The molecule has 250 valence electrons. The molecule has 0 unspecified atom stereocenters. The lowest BCUT2D eigenvalue weighted by molar-refractivity contribution is 1.18. The minimum atomic E-state index is 0.679. The molecule has 0 N–H and O–H groups in total. The molecule has 54 heavy (non-hydrogen) atoms. The Morgan fingerprint density at radius 1 is 0.389 bits per heavy atom. The second kappa shape index (κ2) is 13.3. The third-order valence-electron chi connectivity index (χ3n) is 10.2. The zero-order valence-corrected chi connectivity index (χ0v) is 29.2. The molecule has 2 aromatic heterocycles. The molecule has 0 fully saturated rings. The molecular weight excluding hydrogens is 655 g/mol. The van der Waals surface area contributed by atoms with Gasteiger partial charge in [0.2, 0.25) is 0 Å². The van der Waals surface area contributed by atoms with Crippen molar-refractivity contribution in [1.82, 2.24) is 15.0 Å². The van der Waals surface area contributed by atoms with Crippen LogP contribution in [0.2, 0.25) is 0 Å². The van der Waals surface area contributed by atoms with E-state index in [1.165, 1.54) is 16.3 Å². The van der Waals surface area contributed by atoms with E-state index >= 15 is 0 Å². The van der Waals surface area contributed by atoms with Crippen molar-refractivity contribution in [3.05, 3.63) is 200 Å². The average Bonchev–Trinajstić information content (AvgIpc) is 3.26. The number of pyridine rings is 1. The Hall–Kier alpha value is -7.41. The molecule has 0 aliphatic heterocycles. The van der Waals surface area contributed by atoms with Gasteiger partial charge in [-0.2, -0.15) is 0 Å². The van der Waals surface area contributed by atoms with Gasteiger partial charge in [0.15, 0.2) is 5.82 Å². The summed E-state index contributed by atoms with van der Waals surface area (Å²) >= 11 is 0. The normalized spacial score (nSPS) is 11.2. The highest BCUT2D eigenvalue weighted by molar-refractivity contribution is 5.97. The molecule has 0 aliphatic carbocycles. The quantitative estimate of drug-likeness (QED) is 0.175. The first-order chi connectivity index (χ1) is 26.7. The summed E-state index contributed by atoms with van der Waals surface area (Å²) < 4.78 is 0. The summed E-state index contributed by atoms with van der Waals surface area (Å²) in [6.45, 7) is 0. The highest BCUT2D eigenvalue weighted by atomic mass is 14.9. The van der Waals surface area contributed by atoms with Crippen LogP contribution < -0.4 is 0 Å². The van der Waals surface area contributed by atoms with Crippen LogP contribution in [-0.2, 0) is 0 Å². The molecule has 8 aromatic carbocycles. The van der Waals surface area contributed by atoms with E-state index in [1.807, 2.05) is 36.5 Å². The Kier molecular flexibility index (Phi) is 7.71. The summed E-state index contributed by atoms with van der Waals surface area (Å²) in [5.41, 5.74) is 12.5. The summed E-state index contributed by atoms with van der Waals surface area (Å²) in [6, 6.07) is 70.0. The molecule has 0 radical (unpaired) electrons. The summed E-state index contributed by atoms with van der Waals surface area (Å²) in [5.74, 6) is 0.679. The van der Waals surface area contributed by atoms with E-state index in [1.54, 1.807) is 0 Å². The van der Waals surface area contributed by atoms with Crippen molar-refractivity contribution in [2.24, 2.45) is 0 Å². The highest BCUT2D eigenvalue weighted by Crippen LogP contribution is 2.34. The van der Waals surface area contributed by atoms with Crippen LogP contribution in [-0.4, -0.2) is 15.0 Å². The van der Waals surface area contributed by atoms with Gasteiger partial charge in [-0.1, -0.05) is 164 Å². The second-order valence-corrected chi connectivity index (χ2v) is 13.5. The van der Waals surface area contributed by atoms with E-state index in [0.717, 1.165) is 77.6 Å². The summed E-state index contributed by atoms with van der Waals surface area (Å²) in [5, 5.41) is 5.80. The number of para-hydroxylation sites is 1. The molecule has 0 saturated carbocycles. The zero-order chi connectivity index (χ0) is 35.8. The molecule has 10 rings (SSSR count). The monoisotopic (exact) mass is 685 g/mol. The van der Waals surface area contributed by atoms with Gasteiger partial charge >= 0.3 is 0 Å². The average molecular weight is 686 g/mol. The molecule has 0 bridgehead atoms. The topological polar surface area (TPSA) is 38.7 Å². The predicted molar refractivity (Wildman–Crippen MR) is 223 cm³/mol. The van der Waals surface area contributed by atoms with Crippen LogP contribution in [0.15, 0.2) is 188 Å². The molecular formula is C51H31N3. The number of hydrogen-bond acceptors (Lipinski definition) is 3. The first-order valence-corrected chi connectivity index (χ1v) is 18.1. The van der Waals surface area contributed by atoms with Crippen molar-refractivity contribution in [1.29, 1.82) is 0 Å². The maximum absolute atomic E-state index is 5.17. The highest BCUT2D eigenvalue weighted by Gasteiger charge is 2.13. The van der Waals surface area contributed by atoms with E-state index in [9.17, 15) is 0 Å². The van der Waals surface area contributed by atoms with Crippen LogP contribution in [0.5, 0.6) is 0 Å². The smallest absolute Gasteiger partial charge is 0.160 e. The number of aromatic nitrogens is 3. The van der Waals surface area contributed by atoms with Crippen LogP contribution in [0.3, 0.4) is 0 Å². The Morgan fingerprint density at radius 3 is 1.72 bits per heavy atom. The molecule has 0 aliphatic rings. The zero-order valence-electron chi connectivity index (χ0n) is 29.2. The van der Waals surface area contributed by atoms with Gasteiger partial charge in [0.25, 0.3) is 0 Å². The Balaban J connectivity index is 1.04. The second-order valence-electron chi connectivity index (χ2n) is 13.5. The number of fused-ring (bicyclic) bond motifs is 3. The standard InChI is InChI=1S/C51H31N3/c1-4-14-44-35(9-1)12-7-16-46(44)37-21-27-40(28-22-37)50-32-49(39-25-19-34(20-26-39)43-31-42-11-3-6-18-48(42)52-33-43)53-51(54-50)41-29-23-38(24-30-41)47-17-8-13-36-10-2-5-15-45(36)47/h1-6,8-11,13-33H. The fourth-order valence-electron chi connectivity index (χ4n) is 7.36. The fourth-order valence-corrected chi connectivity index (χ4v) is 7.36. The number of hydrogen-bond donors (Lipinski definition) is 0. The fraction of sp³-hybridized carbons (Fsp3) is 0. The van der Waals surface area contributed by atoms with Crippen LogP contribution >= 0.6 is 0 Å². The van der Waals surface area contributed by atoms with Gasteiger partial charge in [-0.3, -0.25) is 4.98 Å². The summed E-state index contributed by atoms with van der Waals surface area (Å²) in [6.07, 6.45) is 1.94. The van der Waals surface area contributed by atoms with Gasteiger partial charge in [-0.15, -0.1) is 0 Å². The molecule has 0 amide bonds. The van der Waals surface area contributed by atoms with Crippen molar-refractivity contribution in [3.63, 3.8) is 0 Å². The van der Waals surface area contributed by atoms with Gasteiger partial charge in [-0.05, 0) is 74.3 Å². The van der Waals surface area contributed by atoms with Crippen LogP contribution in [0.4, 0.5) is 0 Å². The van der Waals surface area contributed by atoms with Gasteiger partial charge < -0.3 is 0 Å². The lowest BCUT2D eigenvalue weighted by Crippen LogP contribution is -1.96. The Labute approximate surface area is 313 Å². The van der Waals surface area contributed by atoms with Gasteiger partial charge in [0, 0.05) is 39.2 Å². The predicted octanol–water partition coefficient (Wildman–Crippen LogP) is 12.9. The number of nitrogens with zero attached hydrogens (tertiary/aromatic N) is 3. The Morgan fingerprint density at radius 2 is 0.963 bits per heavy atom. The maximum Gasteiger partial charge on any atom is 0.160 e. The number of rotatable bonds is 6. The van der Waals surface area contributed by atoms with E-state index < -0.39 is 0 Å². The van der Waals surface area contributed by atoms with Gasteiger partial charge in [0.05, 0.1) is 16.9 Å². The lowest BCUT2D eigenvalue weighted by Gasteiger charge is -2.12. The molecule has 0 atom stereocenters. The van der Waals surface area contributed by atoms with Crippen LogP contribution in [0.25, 0.3) is 99.7 Å². The third-order valence-corrected chi connectivity index (χ3v) is 10.2. The molecule has 3 heteroatoms. The van der Waals surface area contributed by atoms with Crippen molar-refractivity contribution < 1.29 is 0 Å². The van der Waals surface area contributed by atoms with Crippen molar-refractivity contribution in [2.45, 2.75) is 0 Å². The van der Waals surface area contributed by atoms with E-state index in [2.05, 4.69) is 169 Å². The van der Waals surface area contributed by atoms with Crippen molar-refractivity contribution in [3.8, 4) is 67.3 Å². The first kappa shape index (κ1) is 31.3. The van der Waals surface area contributed by atoms with E-state index in [0.29, 0.717) is 5.82 Å². The number of benzene rings is 7. The molecule has 10 aromatic rings. The first-order valence-electron chi connectivity index (χ1n) is 18.1. The summed E-state index contributed by atoms with van der Waals surface area (Å²) in [4.78, 5) is 15.0. The van der Waals surface area contributed by atoms with Crippen LogP contribution in [0, 0.1) is 12.1 Å². The molecule has 3 nitrogen and oxygen atoms in total. The van der Waals surface area contributed by atoms with Gasteiger partial charge in [-0.25, -0.2) is 9.97 Å². The lowest BCUT2D eigenvalue weighted by atomic mass is 9.97.